The van der Waals surface area contributed by atoms with Crippen LogP contribution in [0.1, 0.15) is 64.4 Å². The first-order valence-corrected chi connectivity index (χ1v) is 11.5. The van der Waals surface area contributed by atoms with Gasteiger partial charge in [-0.1, -0.05) is 19.9 Å². The highest BCUT2D eigenvalue weighted by Gasteiger charge is 2.57. The SMILES string of the molecule is COc1cncc(C2=CCC3C4CCC5=CN(C)C(=O)CC[C@]5(C)C4CC[C@]23C)c1. The Morgan fingerprint density at radius 2 is 1.93 bits per heavy atom. The van der Waals surface area contributed by atoms with Gasteiger partial charge in [0.1, 0.15) is 5.75 Å². The molecule has 0 N–H and O–H groups in total. The number of carbonyl (C=O) groups excluding carboxylic acids is 1. The minimum absolute atomic E-state index is 0.172. The molecule has 2 saturated carbocycles. The fraction of sp³-hybridized carbons (Fsp3) is 0.615. The maximum Gasteiger partial charge on any atom is 0.226 e. The maximum absolute atomic E-state index is 12.4. The van der Waals surface area contributed by atoms with Gasteiger partial charge in [0.05, 0.1) is 13.3 Å². The molecule has 1 amide bonds. The molecule has 4 heteroatoms. The molecule has 5 rings (SSSR count). The summed E-state index contributed by atoms with van der Waals surface area (Å²) in [6.45, 7) is 4.95. The van der Waals surface area contributed by atoms with E-state index in [0.717, 1.165) is 30.9 Å². The van der Waals surface area contributed by atoms with Gasteiger partial charge in [0.25, 0.3) is 0 Å². The van der Waals surface area contributed by atoms with E-state index in [2.05, 4.69) is 37.2 Å². The van der Waals surface area contributed by atoms with E-state index in [1.165, 1.54) is 36.0 Å². The number of rotatable bonds is 2. The van der Waals surface area contributed by atoms with E-state index in [1.54, 1.807) is 13.3 Å². The van der Waals surface area contributed by atoms with E-state index < -0.39 is 0 Å². The Hall–Kier alpha value is -2.10. The first kappa shape index (κ1) is 19.8. The van der Waals surface area contributed by atoms with Crippen molar-refractivity contribution in [3.05, 3.63) is 41.9 Å². The highest BCUT2D eigenvalue weighted by Crippen LogP contribution is 2.66. The van der Waals surface area contributed by atoms with Crippen molar-refractivity contribution in [2.45, 2.75) is 58.8 Å². The lowest BCUT2D eigenvalue weighted by atomic mass is 9.47. The summed E-state index contributed by atoms with van der Waals surface area (Å²) in [6.07, 6.45) is 16.2. The third-order valence-corrected chi connectivity index (χ3v) is 9.18. The molecule has 2 fully saturated rings. The Morgan fingerprint density at radius 3 is 2.73 bits per heavy atom. The molecule has 4 aliphatic rings. The zero-order valence-electron chi connectivity index (χ0n) is 18.8. The van der Waals surface area contributed by atoms with Crippen LogP contribution in [0, 0.1) is 28.6 Å². The van der Waals surface area contributed by atoms with Crippen molar-refractivity contribution in [3.63, 3.8) is 0 Å². The Kier molecular flexibility index (Phi) is 4.61. The van der Waals surface area contributed by atoms with Crippen LogP contribution in [-0.2, 0) is 4.79 Å². The summed E-state index contributed by atoms with van der Waals surface area (Å²) >= 11 is 0. The average Bonchev–Trinajstić information content (AvgIpc) is 3.05. The van der Waals surface area contributed by atoms with Crippen LogP contribution in [0.15, 0.2) is 36.3 Å². The third-order valence-electron chi connectivity index (χ3n) is 9.18. The van der Waals surface area contributed by atoms with Crippen molar-refractivity contribution in [2.75, 3.05) is 14.2 Å². The zero-order chi connectivity index (χ0) is 21.1. The fourth-order valence-corrected chi connectivity index (χ4v) is 7.43. The molecular weight excluding hydrogens is 372 g/mol. The second-order valence-electron chi connectivity index (χ2n) is 10.4. The topological polar surface area (TPSA) is 42.4 Å². The molecule has 1 aromatic heterocycles. The summed E-state index contributed by atoms with van der Waals surface area (Å²) in [4.78, 5) is 18.7. The van der Waals surface area contributed by atoms with Crippen molar-refractivity contribution in [1.82, 2.24) is 9.88 Å². The maximum atomic E-state index is 12.4. The quantitative estimate of drug-likeness (QED) is 0.655. The Bertz CT molecular complexity index is 935. The Labute approximate surface area is 180 Å². The van der Waals surface area contributed by atoms with Crippen molar-refractivity contribution in [3.8, 4) is 5.75 Å². The van der Waals surface area contributed by atoms with E-state index in [1.807, 2.05) is 18.1 Å². The monoisotopic (exact) mass is 406 g/mol. The number of aromatic nitrogens is 1. The number of hydrogen-bond donors (Lipinski definition) is 0. The van der Waals surface area contributed by atoms with E-state index >= 15 is 0 Å². The summed E-state index contributed by atoms with van der Waals surface area (Å²) in [7, 11) is 3.64. The lowest BCUT2D eigenvalue weighted by Crippen LogP contribution is -2.48. The Balaban J connectivity index is 1.46. The van der Waals surface area contributed by atoms with Gasteiger partial charge in [0.2, 0.25) is 5.91 Å². The van der Waals surface area contributed by atoms with Crippen LogP contribution in [-0.4, -0.2) is 29.9 Å². The van der Waals surface area contributed by atoms with Crippen LogP contribution in [0.2, 0.25) is 0 Å². The van der Waals surface area contributed by atoms with Gasteiger partial charge in [0.15, 0.2) is 0 Å². The zero-order valence-corrected chi connectivity index (χ0v) is 18.8. The number of hydrogen-bond acceptors (Lipinski definition) is 3. The average molecular weight is 407 g/mol. The largest absolute Gasteiger partial charge is 0.495 e. The standard InChI is InChI=1S/C26H34N2O2/c1-25-12-10-24(29)28(3)16-18(25)5-6-20-22-8-7-21(26(22,2)11-9-23(20)25)17-13-19(30-4)15-27-14-17/h7,13-16,20,22-23H,5-6,8-12H2,1-4H3/t20?,22?,23?,25-,26+/m0/s1. The second-order valence-corrected chi connectivity index (χ2v) is 10.4. The molecule has 0 aromatic carbocycles. The predicted octanol–water partition coefficient (Wildman–Crippen LogP) is 5.46. The number of allylic oxidation sites excluding steroid dienone is 3. The van der Waals surface area contributed by atoms with Crippen LogP contribution in [0.3, 0.4) is 0 Å². The minimum atomic E-state index is 0.172. The number of methoxy groups -OCH3 is 1. The Morgan fingerprint density at radius 1 is 1.10 bits per heavy atom. The van der Waals surface area contributed by atoms with Crippen LogP contribution in [0.4, 0.5) is 0 Å². The van der Waals surface area contributed by atoms with Crippen molar-refractivity contribution in [2.24, 2.45) is 28.6 Å². The molecule has 0 radical (unpaired) electrons. The molecular formula is C26H34N2O2. The second kappa shape index (κ2) is 6.96. The van der Waals surface area contributed by atoms with Crippen LogP contribution < -0.4 is 4.74 Å². The lowest BCUT2D eigenvalue weighted by Gasteiger charge is -2.57. The van der Waals surface area contributed by atoms with Crippen molar-refractivity contribution < 1.29 is 9.53 Å². The molecule has 5 atom stereocenters. The van der Waals surface area contributed by atoms with E-state index in [9.17, 15) is 4.79 Å². The minimum Gasteiger partial charge on any atom is -0.495 e. The van der Waals surface area contributed by atoms with E-state index in [4.69, 9.17) is 4.74 Å². The summed E-state index contributed by atoms with van der Waals surface area (Å²) in [5.74, 6) is 3.21. The van der Waals surface area contributed by atoms with Gasteiger partial charge in [-0.15, -0.1) is 0 Å². The highest BCUT2D eigenvalue weighted by atomic mass is 16.5. The molecule has 3 unspecified atom stereocenters. The number of pyridine rings is 1. The lowest BCUT2D eigenvalue weighted by molar-refractivity contribution is -0.127. The number of nitrogens with zero attached hydrogens (tertiary/aromatic N) is 2. The molecule has 4 nitrogen and oxygen atoms in total. The number of fused-ring (bicyclic) bond motifs is 5. The molecule has 0 bridgehead atoms. The molecule has 30 heavy (non-hydrogen) atoms. The van der Waals surface area contributed by atoms with Crippen LogP contribution >= 0.6 is 0 Å². The first-order valence-electron chi connectivity index (χ1n) is 11.5. The molecule has 0 saturated heterocycles. The summed E-state index contributed by atoms with van der Waals surface area (Å²) in [5.41, 5.74) is 4.60. The van der Waals surface area contributed by atoms with Gasteiger partial charge in [-0.05, 0) is 89.9 Å². The molecule has 1 aromatic rings. The summed E-state index contributed by atoms with van der Waals surface area (Å²) < 4.78 is 5.44. The van der Waals surface area contributed by atoms with Gasteiger partial charge in [0, 0.05) is 25.9 Å². The predicted molar refractivity (Wildman–Crippen MR) is 119 cm³/mol. The fourth-order valence-electron chi connectivity index (χ4n) is 7.43. The van der Waals surface area contributed by atoms with Gasteiger partial charge in [-0.2, -0.15) is 0 Å². The van der Waals surface area contributed by atoms with E-state index in [0.29, 0.717) is 18.3 Å². The number of ether oxygens (including phenoxy) is 1. The van der Waals surface area contributed by atoms with Gasteiger partial charge in [-0.25, -0.2) is 0 Å². The molecule has 1 aliphatic heterocycles. The highest BCUT2D eigenvalue weighted by molar-refractivity contribution is 5.78. The van der Waals surface area contributed by atoms with Gasteiger partial charge >= 0.3 is 0 Å². The number of amides is 1. The molecule has 3 aliphatic carbocycles. The molecule has 160 valence electrons. The summed E-state index contributed by atoms with van der Waals surface area (Å²) in [6, 6.07) is 2.15. The van der Waals surface area contributed by atoms with Crippen LogP contribution in [0.25, 0.3) is 5.57 Å². The molecule has 2 heterocycles. The summed E-state index contributed by atoms with van der Waals surface area (Å²) in [5, 5.41) is 0. The van der Waals surface area contributed by atoms with Crippen molar-refractivity contribution in [1.29, 1.82) is 0 Å². The third kappa shape index (κ3) is 2.79. The molecule has 0 spiro atoms. The first-order chi connectivity index (χ1) is 14.4. The van der Waals surface area contributed by atoms with Crippen LogP contribution in [0.5, 0.6) is 5.75 Å². The van der Waals surface area contributed by atoms with Crippen molar-refractivity contribution >= 4 is 11.5 Å². The van der Waals surface area contributed by atoms with Gasteiger partial charge < -0.3 is 9.64 Å². The smallest absolute Gasteiger partial charge is 0.226 e. The van der Waals surface area contributed by atoms with Gasteiger partial charge in [-0.3, -0.25) is 9.78 Å². The normalized spacial score (nSPS) is 38.1. The van der Waals surface area contributed by atoms with E-state index in [-0.39, 0.29) is 16.7 Å². The number of carbonyl (C=O) groups is 1.